The topological polar surface area (TPSA) is 111 Å². The molecule has 0 rings (SSSR count). The Morgan fingerprint density at radius 1 is 0.323 bits per heavy atom. The molecule has 0 aliphatic heterocycles. The van der Waals surface area contributed by atoms with Gasteiger partial charge < -0.3 is 27.9 Å². The summed E-state index contributed by atoms with van der Waals surface area (Å²) in [6, 6.07) is 0. The number of esters is 2. The predicted octanol–water partition coefficient (Wildman–Crippen LogP) is 25.9. The zero-order valence-electron chi connectivity index (χ0n) is 62.8. The van der Waals surface area contributed by atoms with E-state index in [2.05, 4.69) is 160 Å². The molecule has 0 N–H and O–H groups in total. The first kappa shape index (κ1) is 91.9. The second-order valence-corrected chi connectivity index (χ2v) is 28.7. The minimum atomic E-state index is -4.65. The zero-order chi connectivity index (χ0) is 69.7. The molecule has 0 heterocycles. The van der Waals surface area contributed by atoms with Gasteiger partial charge in [-0.15, -0.1) is 0 Å². The van der Waals surface area contributed by atoms with Crippen LogP contribution in [0.1, 0.15) is 335 Å². The number of hydrogen-bond acceptors (Lipinski definition) is 8. The number of phosphoric acid groups is 1. The van der Waals surface area contributed by atoms with Gasteiger partial charge >= 0.3 is 11.9 Å². The van der Waals surface area contributed by atoms with Crippen molar-refractivity contribution in [1.82, 2.24) is 0 Å². The molecule has 0 amide bonds. The Hall–Kier alpha value is -4.11. The summed E-state index contributed by atoms with van der Waals surface area (Å²) in [5, 5.41) is 0. The third-order valence-corrected chi connectivity index (χ3v) is 17.8. The van der Waals surface area contributed by atoms with Gasteiger partial charge in [0.15, 0.2) is 6.10 Å². The molecular formula is C86H148NO8P. The highest BCUT2D eigenvalue weighted by atomic mass is 31.2. The number of unbranched alkanes of at least 4 members (excludes halogenated alkanes) is 34. The van der Waals surface area contributed by atoms with Gasteiger partial charge in [-0.3, -0.25) is 14.2 Å². The van der Waals surface area contributed by atoms with Crippen LogP contribution in [0, 0.1) is 0 Å². The summed E-state index contributed by atoms with van der Waals surface area (Å²) >= 11 is 0. The SMILES string of the molecule is CC/C=C\C/C=C\C/C=C\C/C=C\C/C=C\C/C=C\C/C=C\CCCCCCCCCCCCCC(=O)OC(COC(=O)CCCCCCCCCCCCCCCCCCCCCCCCC/C=C\C/C=C\C/C=C\C/C=C\C/C=C\CC)COP(=O)([O-])OCC[N+](C)(C)C. The molecule has 9 nitrogen and oxygen atoms in total. The molecule has 0 radical (unpaired) electrons. The molecule has 550 valence electrons. The van der Waals surface area contributed by atoms with Gasteiger partial charge in [-0.2, -0.15) is 0 Å². The first-order chi connectivity index (χ1) is 47.0. The normalized spacial score (nSPS) is 13.9. The van der Waals surface area contributed by atoms with E-state index in [1.807, 2.05) is 21.1 Å². The van der Waals surface area contributed by atoms with Gasteiger partial charge in [0.1, 0.15) is 19.8 Å². The highest BCUT2D eigenvalue weighted by Gasteiger charge is 2.22. The van der Waals surface area contributed by atoms with Gasteiger partial charge in [0.05, 0.1) is 27.7 Å². The first-order valence-corrected chi connectivity index (χ1v) is 41.0. The number of phosphoric ester groups is 1. The summed E-state index contributed by atoms with van der Waals surface area (Å²) in [4.78, 5) is 38.2. The van der Waals surface area contributed by atoms with Crippen molar-refractivity contribution < 1.29 is 42.1 Å². The fraction of sp³-hybridized carbons (Fsp3) is 0.698. The molecule has 0 aliphatic rings. The van der Waals surface area contributed by atoms with Crippen LogP contribution >= 0.6 is 7.82 Å². The van der Waals surface area contributed by atoms with E-state index in [-0.39, 0.29) is 32.0 Å². The Morgan fingerprint density at radius 2 is 0.562 bits per heavy atom. The summed E-state index contributed by atoms with van der Waals surface area (Å²) in [6.45, 7) is 4.03. The van der Waals surface area contributed by atoms with E-state index in [4.69, 9.17) is 18.5 Å². The third kappa shape index (κ3) is 78.9. The fourth-order valence-electron chi connectivity index (χ4n) is 10.9. The lowest BCUT2D eigenvalue weighted by Gasteiger charge is -2.28. The maximum Gasteiger partial charge on any atom is 0.306 e. The highest BCUT2D eigenvalue weighted by Crippen LogP contribution is 2.38. The Balaban J connectivity index is 3.98. The van der Waals surface area contributed by atoms with Gasteiger partial charge in [0, 0.05) is 12.8 Å². The molecule has 0 fully saturated rings. The van der Waals surface area contributed by atoms with Gasteiger partial charge in [0.2, 0.25) is 0 Å². The van der Waals surface area contributed by atoms with E-state index in [0.29, 0.717) is 17.4 Å². The quantitative estimate of drug-likeness (QED) is 0.0195. The van der Waals surface area contributed by atoms with Crippen LogP contribution in [-0.2, 0) is 32.7 Å². The molecular weight excluding hydrogens is 1210 g/mol. The molecule has 10 heteroatoms. The van der Waals surface area contributed by atoms with Crippen LogP contribution in [-0.4, -0.2) is 70.0 Å². The van der Waals surface area contributed by atoms with E-state index < -0.39 is 26.5 Å². The number of carbonyl (C=O) groups excluding carboxylic acids is 2. The van der Waals surface area contributed by atoms with Crippen LogP contribution in [0.2, 0.25) is 0 Å². The number of quaternary nitrogens is 1. The van der Waals surface area contributed by atoms with Crippen molar-refractivity contribution in [3.05, 3.63) is 146 Å². The summed E-state index contributed by atoms with van der Waals surface area (Å²) < 4.78 is 34.4. The van der Waals surface area contributed by atoms with E-state index in [0.717, 1.165) is 122 Å². The monoisotopic (exact) mass is 1350 g/mol. The Kier molecular flexibility index (Phi) is 71.9. The number of hydrogen-bond donors (Lipinski definition) is 0. The lowest BCUT2D eigenvalue weighted by molar-refractivity contribution is -0.870. The van der Waals surface area contributed by atoms with Crippen LogP contribution in [0.15, 0.2) is 146 Å². The average molecular weight is 1360 g/mol. The maximum absolute atomic E-state index is 12.9. The molecule has 0 saturated carbocycles. The summed E-state index contributed by atoms with van der Waals surface area (Å²) in [7, 11) is 1.16. The van der Waals surface area contributed by atoms with Crippen molar-refractivity contribution >= 4 is 19.8 Å². The van der Waals surface area contributed by atoms with E-state index in [9.17, 15) is 19.0 Å². The smallest absolute Gasteiger partial charge is 0.306 e. The van der Waals surface area contributed by atoms with Crippen molar-refractivity contribution in [1.29, 1.82) is 0 Å². The number of carbonyl (C=O) groups is 2. The third-order valence-electron chi connectivity index (χ3n) is 16.9. The van der Waals surface area contributed by atoms with E-state index in [1.54, 1.807) is 0 Å². The van der Waals surface area contributed by atoms with Crippen molar-refractivity contribution in [2.45, 2.75) is 341 Å². The molecule has 0 bridgehead atoms. The van der Waals surface area contributed by atoms with Crippen molar-refractivity contribution in [3.63, 3.8) is 0 Å². The number of likely N-dealkylation sites (N-methyl/N-ethyl adjacent to an activating group) is 1. The number of allylic oxidation sites excluding steroid dienone is 24. The lowest BCUT2D eigenvalue weighted by atomic mass is 10.0. The molecule has 0 aromatic heterocycles. The molecule has 96 heavy (non-hydrogen) atoms. The van der Waals surface area contributed by atoms with Crippen molar-refractivity contribution in [2.24, 2.45) is 0 Å². The van der Waals surface area contributed by atoms with Crippen LogP contribution in [0.4, 0.5) is 0 Å². The minimum absolute atomic E-state index is 0.0355. The van der Waals surface area contributed by atoms with Gasteiger partial charge in [0.25, 0.3) is 7.82 Å². The number of nitrogens with zero attached hydrogens (tertiary/aromatic N) is 1. The fourth-order valence-corrected chi connectivity index (χ4v) is 11.6. The second kappa shape index (κ2) is 75.1. The molecule has 0 aromatic carbocycles. The molecule has 0 spiro atoms. The summed E-state index contributed by atoms with van der Waals surface area (Å²) in [5.74, 6) is -0.830. The van der Waals surface area contributed by atoms with Gasteiger partial charge in [-0.05, 0) is 116 Å². The van der Waals surface area contributed by atoms with Crippen LogP contribution in [0.25, 0.3) is 0 Å². The van der Waals surface area contributed by atoms with Crippen LogP contribution < -0.4 is 4.89 Å². The van der Waals surface area contributed by atoms with Gasteiger partial charge in [-0.25, -0.2) is 0 Å². The Bertz CT molecular complexity index is 2140. The van der Waals surface area contributed by atoms with Crippen LogP contribution in [0.3, 0.4) is 0 Å². The Morgan fingerprint density at radius 3 is 0.833 bits per heavy atom. The van der Waals surface area contributed by atoms with E-state index >= 15 is 0 Å². The van der Waals surface area contributed by atoms with Crippen LogP contribution in [0.5, 0.6) is 0 Å². The molecule has 0 saturated heterocycles. The largest absolute Gasteiger partial charge is 0.756 e. The molecule has 2 atom stereocenters. The zero-order valence-corrected chi connectivity index (χ0v) is 63.7. The predicted molar refractivity (Wildman–Crippen MR) is 415 cm³/mol. The lowest BCUT2D eigenvalue weighted by Crippen LogP contribution is -2.37. The summed E-state index contributed by atoms with van der Waals surface area (Å²) in [5.41, 5.74) is 0. The van der Waals surface area contributed by atoms with Crippen molar-refractivity contribution in [3.8, 4) is 0 Å². The van der Waals surface area contributed by atoms with Gasteiger partial charge in [-0.1, -0.05) is 352 Å². The molecule has 0 aliphatic carbocycles. The number of rotatable bonds is 72. The summed E-state index contributed by atoms with van der Waals surface area (Å²) in [6.07, 6.45) is 111. The number of ether oxygens (including phenoxy) is 2. The second-order valence-electron chi connectivity index (χ2n) is 27.3. The maximum atomic E-state index is 12.9. The molecule has 0 aromatic rings. The Labute approximate surface area is 593 Å². The van der Waals surface area contributed by atoms with Crippen molar-refractivity contribution in [2.75, 3.05) is 47.5 Å². The standard InChI is InChI=1S/C86H148NO8P/c1-6-8-10-12-14-16-18-20-22-24-26-28-30-32-34-36-38-40-41-42-43-44-45-47-48-50-52-54-56-58-60-62-64-66-68-70-72-74-76-78-85(88)92-82-84(83-94-96(90,91)93-81-80-87(3,4)5)95-86(89)79-77-75-73-71-69-67-65-63-61-59-57-55-53-51-49-46-39-37-35-33-31-29-27-25-23-21-19-17-15-13-11-9-7-2/h8-11,14-17,20-23,26-29,32-35,39,46,51,53,84H,6-7,12-13,18-19,24-25,30-31,36-38,40-45,47-50,52,54-83H2,1-5H3/b10-8-,11-9-,16-14-,17-15-,22-20-,23-21-,28-26-,29-27-,34-32-,35-33-,46-39-,53-51-. The first-order valence-electron chi connectivity index (χ1n) is 39.5. The average Bonchev–Trinajstić information content (AvgIpc) is 1.48. The molecule has 2 unspecified atom stereocenters. The highest BCUT2D eigenvalue weighted by molar-refractivity contribution is 7.45. The minimum Gasteiger partial charge on any atom is -0.756 e. The van der Waals surface area contributed by atoms with E-state index in [1.165, 1.54) is 180 Å².